The van der Waals surface area contributed by atoms with Crippen LogP contribution in [0, 0.1) is 17.8 Å². The Labute approximate surface area is 119 Å². The second kappa shape index (κ2) is 6.43. The van der Waals surface area contributed by atoms with Gasteiger partial charge in [0.25, 0.3) is 0 Å². The van der Waals surface area contributed by atoms with Crippen molar-refractivity contribution < 1.29 is 19.8 Å². The van der Waals surface area contributed by atoms with Crippen molar-refractivity contribution in [3.63, 3.8) is 0 Å². The highest BCUT2D eigenvalue weighted by atomic mass is 16.4. The highest BCUT2D eigenvalue weighted by Crippen LogP contribution is 2.48. The average molecular weight is 284 g/mol. The lowest BCUT2D eigenvalue weighted by molar-refractivity contribution is -0.146. The highest BCUT2D eigenvalue weighted by Gasteiger charge is 2.40. The Hall–Kier alpha value is -1.30. The molecule has 20 heavy (non-hydrogen) atoms. The number of aliphatic hydroxyl groups is 1. The molecule has 0 radical (unpaired) electrons. The van der Waals surface area contributed by atoms with Crippen LogP contribution in [0.5, 0.6) is 0 Å². The second-order valence-corrected chi connectivity index (χ2v) is 6.19. The van der Waals surface area contributed by atoms with E-state index < -0.39 is 12.1 Å². The molecule has 0 saturated heterocycles. The van der Waals surface area contributed by atoms with Gasteiger partial charge in [-0.3, -0.25) is 0 Å². The number of nitrogens with zero attached hydrogens (tertiary/aromatic N) is 1. The summed E-state index contributed by atoms with van der Waals surface area (Å²) < 4.78 is 0. The van der Waals surface area contributed by atoms with Crippen molar-refractivity contribution in [2.75, 3.05) is 20.1 Å². The van der Waals surface area contributed by atoms with Crippen molar-refractivity contribution in [2.24, 2.45) is 17.8 Å². The van der Waals surface area contributed by atoms with Crippen LogP contribution in [0.25, 0.3) is 0 Å². The summed E-state index contributed by atoms with van der Waals surface area (Å²) in [6.45, 7) is 0.946. The number of carbonyl (C=O) groups excluding carboxylic acids is 1. The summed E-state index contributed by atoms with van der Waals surface area (Å²) in [5.74, 6) is 1.01. The Morgan fingerprint density at radius 1 is 1.35 bits per heavy atom. The zero-order valence-corrected chi connectivity index (χ0v) is 11.9. The minimum atomic E-state index is -1.41. The summed E-state index contributed by atoms with van der Waals surface area (Å²) in [5.41, 5.74) is 0. The van der Waals surface area contributed by atoms with Crippen LogP contribution in [-0.2, 0) is 4.79 Å². The standard InChI is InChI=1S/C14H24N2O4/c1-16(8-11-7-9-2-3-10(11)6-9)14(20)15-5-4-12(17)13(18)19/h9-12,17H,2-8H2,1H3,(H,15,20)(H,18,19). The maximum absolute atomic E-state index is 11.9. The summed E-state index contributed by atoms with van der Waals surface area (Å²) in [6, 6.07) is -0.189. The molecule has 0 aromatic carbocycles. The van der Waals surface area contributed by atoms with Gasteiger partial charge in [0.1, 0.15) is 0 Å². The number of carbonyl (C=O) groups is 2. The van der Waals surface area contributed by atoms with Crippen LogP contribution in [0.3, 0.4) is 0 Å². The number of urea groups is 1. The zero-order valence-electron chi connectivity index (χ0n) is 11.9. The lowest BCUT2D eigenvalue weighted by Gasteiger charge is -2.27. The molecule has 2 aliphatic carbocycles. The summed E-state index contributed by atoms with van der Waals surface area (Å²) in [4.78, 5) is 24.0. The van der Waals surface area contributed by atoms with Crippen molar-refractivity contribution in [2.45, 2.75) is 38.2 Å². The van der Waals surface area contributed by atoms with Crippen LogP contribution < -0.4 is 5.32 Å². The van der Waals surface area contributed by atoms with Crippen molar-refractivity contribution in [1.82, 2.24) is 10.2 Å². The van der Waals surface area contributed by atoms with E-state index in [-0.39, 0.29) is 19.0 Å². The number of fused-ring (bicyclic) bond motifs is 2. The van der Waals surface area contributed by atoms with E-state index in [2.05, 4.69) is 5.32 Å². The molecule has 2 fully saturated rings. The zero-order chi connectivity index (χ0) is 14.7. The molecule has 0 spiro atoms. The van der Waals surface area contributed by atoms with Gasteiger partial charge in [-0.15, -0.1) is 0 Å². The van der Waals surface area contributed by atoms with E-state index in [0.717, 1.165) is 18.4 Å². The number of aliphatic hydroxyl groups excluding tert-OH is 1. The Bertz CT molecular complexity index is 374. The minimum absolute atomic E-state index is 0.0308. The van der Waals surface area contributed by atoms with E-state index in [1.807, 2.05) is 0 Å². The first-order valence-electron chi connectivity index (χ1n) is 7.37. The van der Waals surface area contributed by atoms with Gasteiger partial charge in [-0.2, -0.15) is 0 Å². The summed E-state index contributed by atoms with van der Waals surface area (Å²) >= 11 is 0. The van der Waals surface area contributed by atoms with Crippen LogP contribution >= 0.6 is 0 Å². The molecule has 0 heterocycles. The first-order valence-corrected chi connectivity index (χ1v) is 7.37. The molecule has 4 atom stereocenters. The summed E-state index contributed by atoms with van der Waals surface area (Å²) in [6.07, 6.45) is 3.83. The van der Waals surface area contributed by atoms with E-state index in [1.165, 1.54) is 25.7 Å². The number of nitrogens with one attached hydrogen (secondary N) is 1. The van der Waals surface area contributed by atoms with Gasteiger partial charge in [0.05, 0.1) is 0 Å². The van der Waals surface area contributed by atoms with Crippen molar-refractivity contribution >= 4 is 12.0 Å². The smallest absolute Gasteiger partial charge is 0.332 e. The molecule has 0 aromatic heterocycles. The Morgan fingerprint density at radius 2 is 2.10 bits per heavy atom. The summed E-state index contributed by atoms with van der Waals surface area (Å²) in [5, 5.41) is 20.3. The molecule has 6 nitrogen and oxygen atoms in total. The molecule has 3 N–H and O–H groups in total. The molecular formula is C14H24N2O4. The van der Waals surface area contributed by atoms with Crippen molar-refractivity contribution in [3.05, 3.63) is 0 Å². The molecule has 2 amide bonds. The van der Waals surface area contributed by atoms with Crippen molar-refractivity contribution in [1.29, 1.82) is 0 Å². The van der Waals surface area contributed by atoms with E-state index in [0.29, 0.717) is 5.92 Å². The monoisotopic (exact) mass is 284 g/mol. The average Bonchev–Trinajstić information content (AvgIpc) is 3.00. The lowest BCUT2D eigenvalue weighted by Crippen LogP contribution is -2.42. The Balaban J connectivity index is 1.66. The number of carboxylic acid groups (broad SMARTS) is 1. The number of carboxylic acids is 1. The van der Waals surface area contributed by atoms with Crippen LogP contribution in [-0.4, -0.2) is 53.4 Å². The quantitative estimate of drug-likeness (QED) is 0.676. The molecule has 114 valence electrons. The maximum Gasteiger partial charge on any atom is 0.332 e. The fraction of sp³-hybridized carbons (Fsp3) is 0.857. The first kappa shape index (κ1) is 15.1. The van der Waals surface area contributed by atoms with Gasteiger partial charge in [0, 0.05) is 26.6 Å². The Kier molecular flexibility index (Phi) is 4.86. The number of aliphatic carboxylic acids is 1. The third-order valence-electron chi connectivity index (χ3n) is 4.72. The number of hydrogen-bond donors (Lipinski definition) is 3. The van der Waals surface area contributed by atoms with Gasteiger partial charge in [0.15, 0.2) is 6.10 Å². The molecular weight excluding hydrogens is 260 g/mol. The normalized spacial score (nSPS) is 29.2. The molecule has 2 saturated carbocycles. The number of hydrogen-bond acceptors (Lipinski definition) is 3. The largest absolute Gasteiger partial charge is 0.479 e. The summed E-state index contributed by atoms with van der Waals surface area (Å²) in [7, 11) is 1.77. The van der Waals surface area contributed by atoms with Gasteiger partial charge in [-0.1, -0.05) is 6.42 Å². The molecule has 0 aromatic rings. The Morgan fingerprint density at radius 3 is 2.65 bits per heavy atom. The maximum atomic E-state index is 11.9. The molecule has 2 aliphatic rings. The third-order valence-corrected chi connectivity index (χ3v) is 4.72. The van der Waals surface area contributed by atoms with Gasteiger partial charge in [0.2, 0.25) is 0 Å². The number of amides is 2. The topological polar surface area (TPSA) is 89.9 Å². The van der Waals surface area contributed by atoms with Crippen LogP contribution in [0.2, 0.25) is 0 Å². The van der Waals surface area contributed by atoms with E-state index in [1.54, 1.807) is 11.9 Å². The van der Waals surface area contributed by atoms with Crippen molar-refractivity contribution in [3.8, 4) is 0 Å². The van der Waals surface area contributed by atoms with E-state index in [4.69, 9.17) is 10.2 Å². The van der Waals surface area contributed by atoms with Crippen LogP contribution in [0.4, 0.5) is 4.79 Å². The molecule has 6 heteroatoms. The predicted octanol–water partition coefficient (Wildman–Crippen LogP) is 0.900. The fourth-order valence-electron chi connectivity index (χ4n) is 3.61. The third kappa shape index (κ3) is 3.62. The van der Waals surface area contributed by atoms with Crippen LogP contribution in [0.1, 0.15) is 32.1 Å². The van der Waals surface area contributed by atoms with E-state index in [9.17, 15) is 9.59 Å². The minimum Gasteiger partial charge on any atom is -0.479 e. The number of rotatable bonds is 6. The highest BCUT2D eigenvalue weighted by molar-refractivity contribution is 5.74. The van der Waals surface area contributed by atoms with Gasteiger partial charge in [-0.05, 0) is 37.0 Å². The van der Waals surface area contributed by atoms with Crippen LogP contribution in [0.15, 0.2) is 0 Å². The van der Waals surface area contributed by atoms with Gasteiger partial charge >= 0.3 is 12.0 Å². The van der Waals surface area contributed by atoms with E-state index >= 15 is 0 Å². The molecule has 4 unspecified atom stereocenters. The SMILES string of the molecule is CN(CC1CC2CCC1C2)C(=O)NCCC(O)C(=O)O. The van der Waals surface area contributed by atoms with Gasteiger partial charge < -0.3 is 20.4 Å². The fourth-order valence-corrected chi connectivity index (χ4v) is 3.61. The molecule has 2 rings (SSSR count). The second-order valence-electron chi connectivity index (χ2n) is 6.19. The predicted molar refractivity (Wildman–Crippen MR) is 73.2 cm³/mol. The molecule has 2 bridgehead atoms. The van der Waals surface area contributed by atoms with Gasteiger partial charge in [-0.25, -0.2) is 9.59 Å². The molecule has 0 aliphatic heterocycles. The lowest BCUT2D eigenvalue weighted by atomic mass is 9.88. The first-order chi connectivity index (χ1) is 9.47.